The number of esters is 1. The zero-order chi connectivity index (χ0) is 30.5. The smallest absolute Gasteiger partial charge is 0.343 e. The number of carbonyl (C=O) groups is 2. The lowest BCUT2D eigenvalue weighted by Gasteiger charge is -2.14. The molecule has 0 saturated heterocycles. The van der Waals surface area contributed by atoms with Crippen LogP contribution in [0.5, 0.6) is 23.0 Å². The molecule has 0 fully saturated rings. The Morgan fingerprint density at radius 2 is 1.58 bits per heavy atom. The number of rotatable bonds is 9. The van der Waals surface area contributed by atoms with Gasteiger partial charge in [-0.2, -0.15) is 5.10 Å². The Balaban J connectivity index is 1.41. The van der Waals surface area contributed by atoms with Gasteiger partial charge in [0.05, 0.1) is 33.1 Å². The number of fused-ring (bicyclic) bond motifs is 1. The number of ether oxygens (including phenoxy) is 4. The number of halogens is 1. The third kappa shape index (κ3) is 6.24. The molecule has 4 aromatic carbocycles. The Morgan fingerprint density at radius 1 is 0.860 bits per heavy atom. The van der Waals surface area contributed by atoms with Gasteiger partial charge < -0.3 is 23.9 Å². The standard InChI is InChI=1S/C33H28BrN3O6/c1-19-10-12-25-24(14-19)29(20-8-6-5-7-9-20)30(36-25)32(38)37-35-18-22-15-23(34)11-13-26(22)43-33(39)21-16-27(40-2)31(42-4)28(17-21)41-3/h5-18,36H,1-4H3,(H,37,38). The zero-order valence-electron chi connectivity index (χ0n) is 23.9. The van der Waals surface area contributed by atoms with Gasteiger partial charge in [-0.3, -0.25) is 4.79 Å². The summed E-state index contributed by atoms with van der Waals surface area (Å²) >= 11 is 3.44. The number of methoxy groups -OCH3 is 3. The fourth-order valence-electron chi connectivity index (χ4n) is 4.67. The fourth-order valence-corrected chi connectivity index (χ4v) is 5.05. The Hall–Kier alpha value is -5.09. The molecule has 0 atom stereocenters. The summed E-state index contributed by atoms with van der Waals surface area (Å²) in [6.45, 7) is 2.01. The van der Waals surface area contributed by atoms with E-state index in [1.807, 2.05) is 55.5 Å². The maximum absolute atomic E-state index is 13.4. The van der Waals surface area contributed by atoms with Gasteiger partial charge in [-0.25, -0.2) is 10.2 Å². The van der Waals surface area contributed by atoms with Crippen LogP contribution in [0.3, 0.4) is 0 Å². The van der Waals surface area contributed by atoms with Gasteiger partial charge in [-0.1, -0.05) is 57.9 Å². The molecule has 0 radical (unpaired) electrons. The molecule has 0 unspecified atom stereocenters. The lowest BCUT2D eigenvalue weighted by atomic mass is 10.0. The highest BCUT2D eigenvalue weighted by Crippen LogP contribution is 2.38. The maximum atomic E-state index is 13.4. The summed E-state index contributed by atoms with van der Waals surface area (Å²) in [7, 11) is 4.40. The number of aromatic nitrogens is 1. The Labute approximate surface area is 256 Å². The molecule has 5 aromatic rings. The number of aromatic amines is 1. The minimum Gasteiger partial charge on any atom is -0.493 e. The summed E-state index contributed by atoms with van der Waals surface area (Å²) in [5.74, 6) is 0.142. The molecule has 0 bridgehead atoms. The average molecular weight is 643 g/mol. The monoisotopic (exact) mass is 641 g/mol. The van der Waals surface area contributed by atoms with E-state index in [4.69, 9.17) is 18.9 Å². The number of amides is 1. The first-order valence-electron chi connectivity index (χ1n) is 13.2. The van der Waals surface area contributed by atoms with Crippen molar-refractivity contribution in [2.45, 2.75) is 6.92 Å². The number of nitrogens with one attached hydrogen (secondary N) is 2. The summed E-state index contributed by atoms with van der Waals surface area (Å²) < 4.78 is 22.5. The quantitative estimate of drug-likeness (QED) is 0.0782. The summed E-state index contributed by atoms with van der Waals surface area (Å²) in [5.41, 5.74) is 7.24. The van der Waals surface area contributed by atoms with Crippen LogP contribution >= 0.6 is 15.9 Å². The Kier molecular flexibility index (Phi) is 8.77. The van der Waals surface area contributed by atoms with Crippen molar-refractivity contribution in [3.63, 3.8) is 0 Å². The van der Waals surface area contributed by atoms with E-state index in [0.717, 1.165) is 32.1 Å². The number of hydrogen-bond acceptors (Lipinski definition) is 7. The summed E-state index contributed by atoms with van der Waals surface area (Å²) in [6.07, 6.45) is 1.41. The largest absolute Gasteiger partial charge is 0.493 e. The summed E-state index contributed by atoms with van der Waals surface area (Å²) in [4.78, 5) is 29.8. The maximum Gasteiger partial charge on any atom is 0.343 e. The normalized spacial score (nSPS) is 11.0. The van der Waals surface area contributed by atoms with Crippen LogP contribution < -0.4 is 24.4 Å². The minimum absolute atomic E-state index is 0.191. The number of hydrazone groups is 1. The van der Waals surface area contributed by atoms with E-state index >= 15 is 0 Å². The lowest BCUT2D eigenvalue weighted by molar-refractivity contribution is 0.0733. The first-order chi connectivity index (χ1) is 20.8. The molecule has 0 aliphatic carbocycles. The zero-order valence-corrected chi connectivity index (χ0v) is 25.4. The van der Waals surface area contributed by atoms with E-state index in [0.29, 0.717) is 28.5 Å². The Morgan fingerprint density at radius 3 is 2.26 bits per heavy atom. The predicted octanol–water partition coefficient (Wildman–Crippen LogP) is 6.91. The van der Waals surface area contributed by atoms with Gasteiger partial charge in [0.25, 0.3) is 5.91 Å². The van der Waals surface area contributed by atoms with E-state index in [2.05, 4.69) is 31.4 Å². The van der Waals surface area contributed by atoms with Gasteiger partial charge in [0.1, 0.15) is 11.4 Å². The van der Waals surface area contributed by atoms with Crippen molar-refractivity contribution in [1.29, 1.82) is 0 Å². The SMILES string of the molecule is COc1cc(C(=O)Oc2ccc(Br)cc2C=NNC(=O)c2[nH]c3ccc(C)cc3c2-c2ccccc2)cc(OC)c1OC. The number of hydrogen-bond donors (Lipinski definition) is 2. The number of benzene rings is 4. The third-order valence-electron chi connectivity index (χ3n) is 6.69. The van der Waals surface area contributed by atoms with E-state index in [1.165, 1.54) is 39.7 Å². The number of nitrogens with zero attached hydrogens (tertiary/aromatic N) is 1. The molecule has 0 aliphatic rings. The molecule has 1 amide bonds. The van der Waals surface area contributed by atoms with Crippen molar-refractivity contribution >= 4 is 44.9 Å². The highest BCUT2D eigenvalue weighted by atomic mass is 79.9. The second-order valence-corrected chi connectivity index (χ2v) is 10.4. The topological polar surface area (TPSA) is 111 Å². The second-order valence-electron chi connectivity index (χ2n) is 9.47. The fraction of sp³-hybridized carbons (Fsp3) is 0.121. The van der Waals surface area contributed by atoms with Gasteiger partial charge in [0, 0.05) is 26.5 Å². The highest BCUT2D eigenvalue weighted by molar-refractivity contribution is 9.10. The third-order valence-corrected chi connectivity index (χ3v) is 7.18. The Bertz CT molecular complexity index is 1820. The van der Waals surface area contributed by atoms with Gasteiger partial charge in [0.2, 0.25) is 5.75 Å². The van der Waals surface area contributed by atoms with E-state index in [-0.39, 0.29) is 11.3 Å². The predicted molar refractivity (Wildman–Crippen MR) is 169 cm³/mol. The van der Waals surface area contributed by atoms with Crippen LogP contribution in [-0.2, 0) is 0 Å². The second kappa shape index (κ2) is 12.8. The van der Waals surface area contributed by atoms with Crippen LogP contribution in [0.15, 0.2) is 88.4 Å². The van der Waals surface area contributed by atoms with Crippen LogP contribution in [0.1, 0.15) is 32.0 Å². The van der Waals surface area contributed by atoms with Gasteiger partial charge in [-0.15, -0.1) is 0 Å². The van der Waals surface area contributed by atoms with Crippen molar-refractivity contribution in [3.8, 4) is 34.1 Å². The molecule has 0 saturated carbocycles. The van der Waals surface area contributed by atoms with Crippen molar-refractivity contribution < 1.29 is 28.5 Å². The van der Waals surface area contributed by atoms with Crippen LogP contribution in [0, 0.1) is 6.92 Å². The first-order valence-corrected chi connectivity index (χ1v) is 13.9. The van der Waals surface area contributed by atoms with Crippen molar-refractivity contribution in [3.05, 3.63) is 106 Å². The van der Waals surface area contributed by atoms with Crippen LogP contribution in [0.4, 0.5) is 0 Å². The molecule has 43 heavy (non-hydrogen) atoms. The van der Waals surface area contributed by atoms with E-state index in [1.54, 1.807) is 18.2 Å². The van der Waals surface area contributed by atoms with Crippen molar-refractivity contribution in [1.82, 2.24) is 10.4 Å². The molecule has 2 N–H and O–H groups in total. The molecule has 1 heterocycles. The lowest BCUT2D eigenvalue weighted by Crippen LogP contribution is -2.19. The molecule has 0 spiro atoms. The summed E-state index contributed by atoms with van der Waals surface area (Å²) in [5, 5.41) is 5.12. The number of H-pyrrole nitrogens is 1. The van der Waals surface area contributed by atoms with Crippen LogP contribution in [0.25, 0.3) is 22.0 Å². The highest BCUT2D eigenvalue weighted by Gasteiger charge is 2.21. The molecular weight excluding hydrogens is 614 g/mol. The van der Waals surface area contributed by atoms with Crippen molar-refractivity contribution in [2.75, 3.05) is 21.3 Å². The molecule has 10 heteroatoms. The molecule has 218 valence electrons. The molecule has 0 aliphatic heterocycles. The first kappa shape index (κ1) is 29.4. The molecule has 5 rings (SSSR count). The van der Waals surface area contributed by atoms with Gasteiger partial charge >= 0.3 is 5.97 Å². The molecule has 9 nitrogen and oxygen atoms in total. The van der Waals surface area contributed by atoms with Gasteiger partial charge in [0.15, 0.2) is 11.5 Å². The average Bonchev–Trinajstić information content (AvgIpc) is 3.40. The van der Waals surface area contributed by atoms with E-state index < -0.39 is 11.9 Å². The molecular formula is C33H28BrN3O6. The summed E-state index contributed by atoms with van der Waals surface area (Å²) in [6, 6.07) is 23.8. The number of aryl methyl sites for hydroxylation is 1. The van der Waals surface area contributed by atoms with Crippen LogP contribution in [0.2, 0.25) is 0 Å². The van der Waals surface area contributed by atoms with Crippen molar-refractivity contribution in [2.24, 2.45) is 5.10 Å². The van der Waals surface area contributed by atoms with Crippen LogP contribution in [-0.4, -0.2) is 44.4 Å². The van der Waals surface area contributed by atoms with E-state index in [9.17, 15) is 9.59 Å². The minimum atomic E-state index is -0.652. The number of carbonyl (C=O) groups excluding carboxylic acids is 2. The van der Waals surface area contributed by atoms with Gasteiger partial charge in [-0.05, 0) is 55.0 Å². The molecule has 1 aromatic heterocycles.